The quantitative estimate of drug-likeness (QED) is 0.893. The summed E-state index contributed by atoms with van der Waals surface area (Å²) in [5.41, 5.74) is 6.70. The van der Waals surface area contributed by atoms with E-state index in [0.717, 1.165) is 5.02 Å². The zero-order chi connectivity index (χ0) is 14.0. The molecule has 2 nitrogen and oxygen atoms in total. The molecule has 2 fully saturated rings. The van der Waals surface area contributed by atoms with E-state index in [9.17, 15) is 0 Å². The van der Waals surface area contributed by atoms with Crippen molar-refractivity contribution in [1.82, 2.24) is 4.90 Å². The summed E-state index contributed by atoms with van der Waals surface area (Å²) >= 11 is 7.82. The van der Waals surface area contributed by atoms with Crippen LogP contribution in [0.15, 0.2) is 11.4 Å². The van der Waals surface area contributed by atoms with Gasteiger partial charge in [0.15, 0.2) is 0 Å². The normalized spacial score (nSPS) is 24.9. The molecule has 1 aromatic heterocycles. The largest absolute Gasteiger partial charge is 0.329 e. The summed E-state index contributed by atoms with van der Waals surface area (Å²) < 4.78 is 0. The van der Waals surface area contributed by atoms with Crippen molar-refractivity contribution in [2.75, 3.05) is 19.6 Å². The van der Waals surface area contributed by atoms with Gasteiger partial charge in [-0.15, -0.1) is 11.3 Å². The lowest BCUT2D eigenvalue weighted by Crippen LogP contribution is -2.44. The first-order chi connectivity index (χ1) is 9.72. The summed E-state index contributed by atoms with van der Waals surface area (Å²) in [7, 11) is 0. The van der Waals surface area contributed by atoms with Crippen LogP contribution in [0.25, 0.3) is 0 Å². The second kappa shape index (κ2) is 6.35. The van der Waals surface area contributed by atoms with Gasteiger partial charge in [0, 0.05) is 16.8 Å². The minimum Gasteiger partial charge on any atom is -0.329 e. The van der Waals surface area contributed by atoms with E-state index in [1.54, 1.807) is 11.3 Å². The first-order valence-corrected chi connectivity index (χ1v) is 9.16. The van der Waals surface area contributed by atoms with Crippen LogP contribution in [0.2, 0.25) is 5.02 Å². The van der Waals surface area contributed by atoms with Crippen molar-refractivity contribution in [2.45, 2.75) is 51.0 Å². The molecular weight excluding hydrogens is 288 g/mol. The van der Waals surface area contributed by atoms with Crippen molar-refractivity contribution >= 4 is 22.9 Å². The molecule has 0 bridgehead atoms. The fourth-order valence-electron chi connectivity index (χ4n) is 4.06. The van der Waals surface area contributed by atoms with Gasteiger partial charge in [-0.3, -0.25) is 4.90 Å². The van der Waals surface area contributed by atoms with E-state index in [-0.39, 0.29) is 0 Å². The molecule has 0 radical (unpaired) electrons. The molecule has 2 N–H and O–H groups in total. The molecule has 1 aliphatic heterocycles. The zero-order valence-corrected chi connectivity index (χ0v) is 13.7. The van der Waals surface area contributed by atoms with E-state index >= 15 is 0 Å². The number of thiophene rings is 1. The smallest absolute Gasteiger partial charge is 0.0564 e. The Morgan fingerprint density at radius 1 is 1.20 bits per heavy atom. The molecule has 1 spiro atoms. The topological polar surface area (TPSA) is 29.3 Å². The predicted molar refractivity (Wildman–Crippen MR) is 87.4 cm³/mol. The number of hydrogen-bond acceptors (Lipinski definition) is 3. The van der Waals surface area contributed by atoms with E-state index < -0.39 is 0 Å². The summed E-state index contributed by atoms with van der Waals surface area (Å²) in [5, 5.41) is 2.87. The number of piperidine rings is 1. The van der Waals surface area contributed by atoms with E-state index in [1.807, 2.05) is 5.38 Å². The molecule has 1 atom stereocenters. The van der Waals surface area contributed by atoms with Crippen molar-refractivity contribution in [1.29, 1.82) is 0 Å². The van der Waals surface area contributed by atoms with Crippen molar-refractivity contribution in [3.05, 3.63) is 21.3 Å². The highest BCUT2D eigenvalue weighted by atomic mass is 35.5. The molecule has 1 aliphatic carbocycles. The fraction of sp³-hybridized carbons (Fsp3) is 0.750. The summed E-state index contributed by atoms with van der Waals surface area (Å²) in [5.74, 6) is 0. The highest BCUT2D eigenvalue weighted by molar-refractivity contribution is 7.10. The Labute approximate surface area is 131 Å². The van der Waals surface area contributed by atoms with Gasteiger partial charge in [-0.1, -0.05) is 30.9 Å². The van der Waals surface area contributed by atoms with Crippen LogP contribution in [0.4, 0.5) is 0 Å². The van der Waals surface area contributed by atoms with Crippen LogP contribution in [0.1, 0.15) is 55.9 Å². The molecule has 1 aromatic rings. The molecular formula is C16H25ClN2S. The fourth-order valence-corrected chi connectivity index (χ4v) is 5.29. The Bertz CT molecular complexity index is 429. The monoisotopic (exact) mass is 312 g/mol. The summed E-state index contributed by atoms with van der Waals surface area (Å²) in [6.07, 6.45) is 9.98. The maximum atomic E-state index is 6.07. The van der Waals surface area contributed by atoms with Gasteiger partial charge in [0.25, 0.3) is 0 Å². The van der Waals surface area contributed by atoms with E-state index in [1.165, 1.54) is 62.9 Å². The summed E-state index contributed by atoms with van der Waals surface area (Å²) in [6.45, 7) is 3.11. The maximum Gasteiger partial charge on any atom is 0.0564 e. The summed E-state index contributed by atoms with van der Waals surface area (Å²) in [6, 6.07) is 2.46. The average Bonchev–Trinajstić information content (AvgIpc) is 2.89. The lowest BCUT2D eigenvalue weighted by molar-refractivity contribution is 0.0472. The number of rotatable bonds is 3. The molecule has 3 rings (SSSR count). The molecule has 1 saturated carbocycles. The van der Waals surface area contributed by atoms with Crippen LogP contribution in [-0.2, 0) is 0 Å². The lowest BCUT2D eigenvalue weighted by Gasteiger charge is -2.46. The van der Waals surface area contributed by atoms with Crippen LogP contribution in [0, 0.1) is 5.41 Å². The number of nitrogens with zero attached hydrogens (tertiary/aromatic N) is 1. The average molecular weight is 313 g/mol. The number of halogens is 1. The number of nitrogens with two attached hydrogens (primary N) is 1. The second-order valence-electron chi connectivity index (χ2n) is 6.52. The van der Waals surface area contributed by atoms with Gasteiger partial charge < -0.3 is 5.73 Å². The van der Waals surface area contributed by atoms with Gasteiger partial charge in [-0.2, -0.15) is 0 Å². The van der Waals surface area contributed by atoms with Gasteiger partial charge in [0.1, 0.15) is 0 Å². The minimum absolute atomic E-state index is 0.369. The Hall–Kier alpha value is -0.0900. The standard InChI is InChI=1S/C16H25ClN2S/c17-13-10-15(20-12-13)14(11-18)19-8-6-16(7-9-19)4-2-1-3-5-16/h10,12,14H,1-9,11,18H2. The van der Waals surface area contributed by atoms with Crippen LogP contribution in [-0.4, -0.2) is 24.5 Å². The number of likely N-dealkylation sites (tertiary alicyclic amines) is 1. The molecule has 2 aliphatic rings. The van der Waals surface area contributed by atoms with Crippen LogP contribution in [0.5, 0.6) is 0 Å². The van der Waals surface area contributed by atoms with E-state index in [0.29, 0.717) is 18.0 Å². The lowest BCUT2D eigenvalue weighted by atomic mass is 9.68. The Balaban J connectivity index is 1.64. The van der Waals surface area contributed by atoms with Crippen molar-refractivity contribution < 1.29 is 0 Å². The van der Waals surface area contributed by atoms with Crippen LogP contribution in [0.3, 0.4) is 0 Å². The third-order valence-corrected chi connectivity index (χ3v) is 6.73. The van der Waals surface area contributed by atoms with Crippen LogP contribution < -0.4 is 5.73 Å². The van der Waals surface area contributed by atoms with E-state index in [2.05, 4.69) is 11.0 Å². The van der Waals surface area contributed by atoms with Crippen LogP contribution >= 0.6 is 22.9 Å². The van der Waals surface area contributed by atoms with E-state index in [4.69, 9.17) is 17.3 Å². The first kappa shape index (κ1) is 14.8. The Kier molecular flexibility index (Phi) is 4.71. The van der Waals surface area contributed by atoms with Gasteiger partial charge in [0.2, 0.25) is 0 Å². The molecule has 1 saturated heterocycles. The molecule has 2 heterocycles. The molecule has 1 unspecified atom stereocenters. The van der Waals surface area contributed by atoms with Crippen molar-refractivity contribution in [2.24, 2.45) is 11.1 Å². The third kappa shape index (κ3) is 3.06. The molecule has 0 amide bonds. The van der Waals surface area contributed by atoms with Gasteiger partial charge >= 0.3 is 0 Å². The second-order valence-corrected chi connectivity index (χ2v) is 7.89. The highest BCUT2D eigenvalue weighted by Gasteiger charge is 2.37. The predicted octanol–water partition coefficient (Wildman–Crippen LogP) is 4.45. The van der Waals surface area contributed by atoms with Crippen molar-refractivity contribution in [3.8, 4) is 0 Å². The van der Waals surface area contributed by atoms with Gasteiger partial charge in [0.05, 0.1) is 11.1 Å². The van der Waals surface area contributed by atoms with Gasteiger partial charge in [-0.05, 0) is 50.3 Å². The Morgan fingerprint density at radius 3 is 2.45 bits per heavy atom. The molecule has 20 heavy (non-hydrogen) atoms. The first-order valence-electron chi connectivity index (χ1n) is 7.90. The maximum absolute atomic E-state index is 6.07. The number of hydrogen-bond donors (Lipinski definition) is 1. The highest BCUT2D eigenvalue weighted by Crippen LogP contribution is 2.45. The molecule has 112 valence electrons. The Morgan fingerprint density at radius 2 is 1.90 bits per heavy atom. The van der Waals surface area contributed by atoms with Crippen molar-refractivity contribution in [3.63, 3.8) is 0 Å². The minimum atomic E-state index is 0.369. The zero-order valence-electron chi connectivity index (χ0n) is 12.1. The third-order valence-electron chi connectivity index (χ3n) is 5.35. The van der Waals surface area contributed by atoms with Gasteiger partial charge in [-0.25, -0.2) is 0 Å². The summed E-state index contributed by atoms with van der Waals surface area (Å²) in [4.78, 5) is 3.92. The molecule has 4 heteroatoms. The molecule has 0 aromatic carbocycles. The SMILES string of the molecule is NCC(c1cc(Cl)cs1)N1CCC2(CCCCC2)CC1.